The van der Waals surface area contributed by atoms with Crippen molar-refractivity contribution in [3.8, 4) is 0 Å². The van der Waals surface area contributed by atoms with E-state index >= 15 is 0 Å². The van der Waals surface area contributed by atoms with Gasteiger partial charge in [0.1, 0.15) is 23.7 Å². The van der Waals surface area contributed by atoms with Crippen molar-refractivity contribution in [3.05, 3.63) is 28.8 Å². The van der Waals surface area contributed by atoms with Crippen LogP contribution in [0.2, 0.25) is 0 Å². The van der Waals surface area contributed by atoms with Gasteiger partial charge in [-0.2, -0.15) is 13.2 Å². The van der Waals surface area contributed by atoms with Gasteiger partial charge in [-0.1, -0.05) is 11.8 Å². The van der Waals surface area contributed by atoms with E-state index in [0.717, 1.165) is 9.90 Å². The Bertz CT molecular complexity index is 1290. The zero-order valence-electron chi connectivity index (χ0n) is 21.2. The number of nitrogens with zero attached hydrogens (tertiary/aromatic N) is 4. The second kappa shape index (κ2) is 13.3. The number of H-pyrrole nitrogens is 1. The number of nitrogens with one attached hydrogen (secondary N) is 3. The van der Waals surface area contributed by atoms with E-state index < -0.39 is 69.7 Å². The number of alkyl halides is 3. The second-order valence-electron chi connectivity index (χ2n) is 8.32. The second-order valence-corrected chi connectivity index (χ2v) is 12.7. The lowest BCUT2D eigenvalue weighted by Gasteiger charge is -2.50. The largest absolute Gasteiger partial charge is 0.442 e. The van der Waals surface area contributed by atoms with Crippen molar-refractivity contribution in [2.24, 2.45) is 0 Å². The molecular weight excluding hydrogens is 632 g/mol. The van der Waals surface area contributed by atoms with Gasteiger partial charge in [-0.05, 0) is 52.2 Å². The van der Waals surface area contributed by atoms with E-state index in [-0.39, 0.29) is 18.0 Å². The zero-order valence-corrected chi connectivity index (χ0v) is 24.4. The summed E-state index contributed by atoms with van der Waals surface area (Å²) in [6.45, 7) is 2.93. The van der Waals surface area contributed by atoms with Crippen LogP contribution >= 0.6 is 46.6 Å². The standard InChI is InChI=1S/C21H22F3N7O6S4/c1-9(41-20-27-29-30-28-20)11-7-39-18-15(26-12(32)8-40-21(22,23)24)17(34)31(18)16(11)19(35)37-10(2)36-14(33)6-25-13-4-3-5-38-13/h3-5,9-10,15,18,25H,6-8H2,1-2H3,(H,26,32)(H,27,28,29,30)/t9?,10?,15?,18-/m0/s1. The van der Waals surface area contributed by atoms with Crippen LogP contribution in [0.3, 0.4) is 0 Å². The summed E-state index contributed by atoms with van der Waals surface area (Å²) in [5, 5.41) is 20.3. The molecule has 41 heavy (non-hydrogen) atoms. The van der Waals surface area contributed by atoms with Gasteiger partial charge in [0.05, 0.1) is 10.8 Å². The van der Waals surface area contributed by atoms with Crippen molar-refractivity contribution in [1.29, 1.82) is 0 Å². The van der Waals surface area contributed by atoms with E-state index in [2.05, 4.69) is 31.3 Å². The highest BCUT2D eigenvalue weighted by Crippen LogP contribution is 2.44. The number of hydrogen-bond acceptors (Lipinski definition) is 14. The molecule has 0 bridgehead atoms. The van der Waals surface area contributed by atoms with Gasteiger partial charge in [0.15, 0.2) is 0 Å². The lowest BCUT2D eigenvalue weighted by molar-refractivity contribution is -0.183. The average molecular weight is 654 g/mol. The normalized spacial score (nSPS) is 20.0. The summed E-state index contributed by atoms with van der Waals surface area (Å²) in [6.07, 6.45) is -1.31. The highest BCUT2D eigenvalue weighted by molar-refractivity contribution is 8.01. The quantitative estimate of drug-likeness (QED) is 0.132. The predicted octanol–water partition coefficient (Wildman–Crippen LogP) is 2.19. The minimum absolute atomic E-state index is 0.110. The molecular formula is C21H22F3N7O6S4. The number of ether oxygens (including phenoxy) is 2. The van der Waals surface area contributed by atoms with Crippen LogP contribution in [0, 0.1) is 0 Å². The Kier molecular flexibility index (Phi) is 10.1. The molecule has 222 valence electrons. The number of fused-ring (bicyclic) bond motifs is 1. The van der Waals surface area contributed by atoms with Crippen LogP contribution in [0.25, 0.3) is 0 Å². The maximum Gasteiger partial charge on any atom is 0.442 e. The molecule has 3 unspecified atom stereocenters. The fourth-order valence-corrected chi connectivity index (χ4v) is 7.16. The Balaban J connectivity index is 1.45. The Morgan fingerprint density at radius 1 is 1.29 bits per heavy atom. The highest BCUT2D eigenvalue weighted by atomic mass is 32.2. The zero-order chi connectivity index (χ0) is 29.7. The Morgan fingerprint density at radius 3 is 2.73 bits per heavy atom. The number of β-lactam (4-membered cyclic amide) rings is 1. The highest BCUT2D eigenvalue weighted by Gasteiger charge is 2.55. The fraction of sp³-hybridized carbons (Fsp3) is 0.476. The molecule has 13 nitrogen and oxygen atoms in total. The first kappa shape index (κ1) is 31.0. The number of halogens is 3. The fourth-order valence-electron chi connectivity index (χ4n) is 3.74. The minimum Gasteiger partial charge on any atom is -0.424 e. The minimum atomic E-state index is -4.60. The van der Waals surface area contributed by atoms with E-state index in [9.17, 15) is 32.3 Å². The van der Waals surface area contributed by atoms with Gasteiger partial charge >= 0.3 is 17.4 Å². The lowest BCUT2D eigenvalue weighted by atomic mass is 10.0. The topological polar surface area (TPSA) is 168 Å². The average Bonchev–Trinajstić information content (AvgIpc) is 3.62. The summed E-state index contributed by atoms with van der Waals surface area (Å²) in [4.78, 5) is 51.9. The first-order valence-corrected chi connectivity index (χ1v) is 15.5. The number of anilines is 1. The first-order valence-electron chi connectivity index (χ1n) is 11.7. The van der Waals surface area contributed by atoms with Crippen molar-refractivity contribution >= 4 is 75.4 Å². The maximum atomic E-state index is 13.4. The Hall–Kier alpha value is -2.97. The maximum absolute atomic E-state index is 13.4. The smallest absolute Gasteiger partial charge is 0.424 e. The van der Waals surface area contributed by atoms with Gasteiger partial charge in [0.2, 0.25) is 17.4 Å². The molecule has 1 fully saturated rings. The van der Waals surface area contributed by atoms with Crippen molar-refractivity contribution in [3.63, 3.8) is 0 Å². The number of thioether (sulfide) groups is 3. The molecule has 0 radical (unpaired) electrons. The van der Waals surface area contributed by atoms with Crippen LogP contribution in [0.1, 0.15) is 13.8 Å². The Labute approximate surface area is 247 Å². The molecule has 0 aliphatic carbocycles. The SMILES string of the molecule is CC(OC(=O)CNc1cccs1)OC(=O)C1=C(C(C)Sc2nnn[nH]2)CS[C@H]2C(NC(=O)CSC(F)(F)F)C(=O)N12. The van der Waals surface area contributed by atoms with E-state index in [1.807, 2.05) is 5.38 Å². The van der Waals surface area contributed by atoms with Gasteiger partial charge in [-0.25, -0.2) is 9.89 Å². The number of aromatic nitrogens is 4. The summed E-state index contributed by atoms with van der Waals surface area (Å²) in [6, 6.07) is 2.44. The number of carbonyl (C=O) groups is 4. The van der Waals surface area contributed by atoms with E-state index in [0.29, 0.717) is 10.7 Å². The molecule has 0 spiro atoms. The van der Waals surface area contributed by atoms with Crippen LogP contribution < -0.4 is 10.6 Å². The van der Waals surface area contributed by atoms with Gasteiger partial charge in [-0.3, -0.25) is 19.3 Å². The van der Waals surface area contributed by atoms with Gasteiger partial charge < -0.3 is 20.1 Å². The molecule has 20 heteroatoms. The summed E-state index contributed by atoms with van der Waals surface area (Å²) < 4.78 is 48.0. The van der Waals surface area contributed by atoms with Gasteiger partial charge in [0.25, 0.3) is 5.91 Å². The van der Waals surface area contributed by atoms with Gasteiger partial charge in [0, 0.05) is 17.9 Å². The van der Waals surface area contributed by atoms with Crippen molar-refractivity contribution in [2.45, 2.75) is 47.5 Å². The molecule has 4 heterocycles. The van der Waals surface area contributed by atoms with Crippen LogP contribution in [-0.4, -0.2) is 95.8 Å². The molecule has 0 aromatic carbocycles. The molecule has 4 rings (SSSR count). The van der Waals surface area contributed by atoms with Crippen LogP contribution in [0.5, 0.6) is 0 Å². The molecule has 2 aromatic heterocycles. The predicted molar refractivity (Wildman–Crippen MR) is 145 cm³/mol. The summed E-state index contributed by atoms with van der Waals surface area (Å²) in [7, 11) is 0. The summed E-state index contributed by atoms with van der Waals surface area (Å²) in [5.41, 5.74) is -4.23. The summed E-state index contributed by atoms with van der Waals surface area (Å²) in [5.74, 6) is -4.00. The summed E-state index contributed by atoms with van der Waals surface area (Å²) >= 11 is 3.27. The molecule has 3 N–H and O–H groups in total. The number of carbonyl (C=O) groups excluding carboxylic acids is 4. The third kappa shape index (κ3) is 8.07. The van der Waals surface area contributed by atoms with Crippen molar-refractivity contribution < 1.29 is 41.8 Å². The Morgan fingerprint density at radius 2 is 2.07 bits per heavy atom. The molecule has 0 saturated carbocycles. The number of tetrazole rings is 1. The number of aromatic amines is 1. The number of amides is 2. The third-order valence-electron chi connectivity index (χ3n) is 5.48. The third-order valence-corrected chi connectivity index (χ3v) is 9.38. The lowest BCUT2D eigenvalue weighted by Crippen LogP contribution is -2.71. The first-order chi connectivity index (χ1) is 19.4. The monoisotopic (exact) mass is 653 g/mol. The molecule has 2 aromatic rings. The number of esters is 2. The van der Waals surface area contributed by atoms with Crippen LogP contribution in [0.4, 0.5) is 18.2 Å². The molecule has 1 saturated heterocycles. The molecule has 2 aliphatic rings. The van der Waals surface area contributed by atoms with Gasteiger partial charge in [-0.15, -0.1) is 28.2 Å². The van der Waals surface area contributed by atoms with Crippen LogP contribution in [0.15, 0.2) is 33.9 Å². The molecule has 2 amide bonds. The van der Waals surface area contributed by atoms with E-state index in [4.69, 9.17) is 9.47 Å². The van der Waals surface area contributed by atoms with E-state index in [1.165, 1.54) is 41.8 Å². The number of rotatable bonds is 12. The van der Waals surface area contributed by atoms with E-state index in [1.54, 1.807) is 19.1 Å². The number of hydrogen-bond donors (Lipinski definition) is 3. The van der Waals surface area contributed by atoms with Crippen molar-refractivity contribution in [2.75, 3.05) is 23.4 Å². The molecule has 4 atom stereocenters. The van der Waals surface area contributed by atoms with Crippen LogP contribution in [-0.2, 0) is 28.7 Å². The van der Waals surface area contributed by atoms with Crippen molar-refractivity contribution in [1.82, 2.24) is 30.8 Å². The number of thiophene rings is 1. The molecule has 2 aliphatic heterocycles.